The first kappa shape index (κ1) is 57.4. The van der Waals surface area contributed by atoms with Gasteiger partial charge in [0.2, 0.25) is 0 Å². The first-order chi connectivity index (χ1) is 28.8. The van der Waals surface area contributed by atoms with Crippen LogP contribution in [-0.2, 0) is 28.6 Å². The number of unbranched alkanes of at least 4 members (excludes halogenated alkanes) is 31. The molecule has 6 heteroatoms. The third-order valence-corrected chi connectivity index (χ3v) is 12.3. The average Bonchev–Trinajstić information content (AvgIpc) is 3.22. The van der Waals surface area contributed by atoms with E-state index in [1.54, 1.807) is 0 Å². The summed E-state index contributed by atoms with van der Waals surface area (Å²) in [6.45, 7) is 11.4. The molecule has 2 atom stereocenters. The van der Waals surface area contributed by atoms with Crippen LogP contribution >= 0.6 is 0 Å². The SMILES string of the molecule is CCCCCCCCCCCCCCCC(=O)OC[C@H](COC(=O)CCCCCCCCCCCCCC(C)C)OC(=O)CCCCCCCCCCCCC(C)CC. The number of esters is 3. The normalized spacial score (nSPS) is 12.5. The fourth-order valence-corrected chi connectivity index (χ4v) is 7.96. The van der Waals surface area contributed by atoms with Gasteiger partial charge in [0.25, 0.3) is 0 Å². The van der Waals surface area contributed by atoms with Crippen molar-refractivity contribution in [1.29, 1.82) is 0 Å². The number of ether oxygens (including phenoxy) is 3. The van der Waals surface area contributed by atoms with Crippen molar-refractivity contribution in [3.8, 4) is 0 Å². The quantitative estimate of drug-likeness (QED) is 0.0345. The molecule has 0 spiro atoms. The first-order valence-corrected chi connectivity index (χ1v) is 26.3. The second kappa shape index (κ2) is 45.9. The highest BCUT2D eigenvalue weighted by molar-refractivity contribution is 5.71. The molecule has 59 heavy (non-hydrogen) atoms. The molecule has 0 aliphatic rings. The van der Waals surface area contributed by atoms with E-state index in [1.807, 2.05) is 0 Å². The zero-order valence-corrected chi connectivity index (χ0v) is 40.4. The largest absolute Gasteiger partial charge is 0.462 e. The molecule has 0 saturated carbocycles. The van der Waals surface area contributed by atoms with Crippen LogP contribution in [0.2, 0.25) is 0 Å². The summed E-state index contributed by atoms with van der Waals surface area (Å²) in [5.41, 5.74) is 0. The molecular formula is C53H102O6. The number of hydrogen-bond donors (Lipinski definition) is 0. The molecule has 0 fully saturated rings. The smallest absolute Gasteiger partial charge is 0.306 e. The number of rotatable bonds is 47. The Morgan fingerprint density at radius 3 is 0.966 bits per heavy atom. The maximum Gasteiger partial charge on any atom is 0.306 e. The number of carbonyl (C=O) groups excluding carboxylic acids is 3. The summed E-state index contributed by atoms with van der Waals surface area (Å²) in [7, 11) is 0. The van der Waals surface area contributed by atoms with Crippen LogP contribution in [0.25, 0.3) is 0 Å². The van der Waals surface area contributed by atoms with Gasteiger partial charge in [0.1, 0.15) is 13.2 Å². The average molecular weight is 835 g/mol. The highest BCUT2D eigenvalue weighted by Gasteiger charge is 2.19. The van der Waals surface area contributed by atoms with Gasteiger partial charge in [-0.3, -0.25) is 14.4 Å². The van der Waals surface area contributed by atoms with Crippen LogP contribution in [0.3, 0.4) is 0 Å². The van der Waals surface area contributed by atoms with Crippen LogP contribution in [0.15, 0.2) is 0 Å². The van der Waals surface area contributed by atoms with Crippen LogP contribution in [0.5, 0.6) is 0 Å². The monoisotopic (exact) mass is 835 g/mol. The Morgan fingerprint density at radius 2 is 0.644 bits per heavy atom. The fraction of sp³-hybridized carbons (Fsp3) is 0.943. The van der Waals surface area contributed by atoms with Gasteiger partial charge in [-0.1, -0.05) is 253 Å². The Hall–Kier alpha value is -1.59. The van der Waals surface area contributed by atoms with Crippen LogP contribution in [0, 0.1) is 11.8 Å². The molecule has 1 unspecified atom stereocenters. The van der Waals surface area contributed by atoms with Gasteiger partial charge in [0, 0.05) is 19.3 Å². The Kier molecular flexibility index (Phi) is 44.7. The van der Waals surface area contributed by atoms with E-state index in [0.717, 1.165) is 69.6 Å². The molecule has 0 saturated heterocycles. The highest BCUT2D eigenvalue weighted by Crippen LogP contribution is 2.18. The van der Waals surface area contributed by atoms with Gasteiger partial charge in [-0.2, -0.15) is 0 Å². The van der Waals surface area contributed by atoms with Gasteiger partial charge in [0.05, 0.1) is 0 Å². The van der Waals surface area contributed by atoms with Crippen molar-refractivity contribution in [2.75, 3.05) is 13.2 Å². The molecule has 0 N–H and O–H groups in total. The van der Waals surface area contributed by atoms with Gasteiger partial charge < -0.3 is 14.2 Å². The van der Waals surface area contributed by atoms with E-state index < -0.39 is 6.10 Å². The Morgan fingerprint density at radius 1 is 0.356 bits per heavy atom. The Balaban J connectivity index is 4.33. The van der Waals surface area contributed by atoms with E-state index >= 15 is 0 Å². The molecule has 0 amide bonds. The van der Waals surface area contributed by atoms with Crippen LogP contribution in [-0.4, -0.2) is 37.2 Å². The zero-order chi connectivity index (χ0) is 43.3. The minimum Gasteiger partial charge on any atom is -0.462 e. The maximum absolute atomic E-state index is 12.8. The van der Waals surface area contributed by atoms with Gasteiger partial charge in [0.15, 0.2) is 6.10 Å². The molecule has 0 aliphatic carbocycles. The van der Waals surface area contributed by atoms with Crippen LogP contribution in [0.4, 0.5) is 0 Å². The van der Waals surface area contributed by atoms with Crippen molar-refractivity contribution in [3.05, 3.63) is 0 Å². The van der Waals surface area contributed by atoms with E-state index in [-0.39, 0.29) is 31.1 Å². The van der Waals surface area contributed by atoms with Crippen molar-refractivity contribution in [3.63, 3.8) is 0 Å². The topological polar surface area (TPSA) is 78.9 Å². The van der Waals surface area contributed by atoms with Crippen molar-refractivity contribution >= 4 is 17.9 Å². The van der Waals surface area contributed by atoms with Crippen molar-refractivity contribution in [2.24, 2.45) is 11.8 Å². The minimum absolute atomic E-state index is 0.0636. The summed E-state index contributed by atoms with van der Waals surface area (Å²) in [4.78, 5) is 38.0. The van der Waals surface area contributed by atoms with Crippen LogP contribution in [0.1, 0.15) is 291 Å². The molecule has 0 rings (SSSR count). The van der Waals surface area contributed by atoms with Crippen LogP contribution < -0.4 is 0 Å². The predicted molar refractivity (Wildman–Crippen MR) is 252 cm³/mol. The molecule has 0 radical (unpaired) electrons. The maximum atomic E-state index is 12.8. The summed E-state index contributed by atoms with van der Waals surface area (Å²) >= 11 is 0. The Labute approximate surface area is 368 Å². The predicted octanol–water partition coefficient (Wildman–Crippen LogP) is 16.9. The zero-order valence-electron chi connectivity index (χ0n) is 40.4. The van der Waals surface area contributed by atoms with Gasteiger partial charge >= 0.3 is 17.9 Å². The van der Waals surface area contributed by atoms with Crippen molar-refractivity contribution in [2.45, 2.75) is 298 Å². The molecule has 0 aromatic heterocycles. The highest BCUT2D eigenvalue weighted by atomic mass is 16.6. The van der Waals surface area contributed by atoms with E-state index in [2.05, 4.69) is 34.6 Å². The molecule has 6 nitrogen and oxygen atoms in total. The number of carbonyl (C=O) groups is 3. The van der Waals surface area contributed by atoms with Gasteiger partial charge in [-0.05, 0) is 31.1 Å². The summed E-state index contributed by atoms with van der Waals surface area (Å²) in [6.07, 6.45) is 46.5. The lowest BCUT2D eigenvalue weighted by Gasteiger charge is -2.18. The van der Waals surface area contributed by atoms with Crippen molar-refractivity contribution in [1.82, 2.24) is 0 Å². The van der Waals surface area contributed by atoms with Crippen molar-refractivity contribution < 1.29 is 28.6 Å². The minimum atomic E-state index is -0.762. The lowest BCUT2D eigenvalue weighted by Crippen LogP contribution is -2.30. The van der Waals surface area contributed by atoms with Gasteiger partial charge in [-0.15, -0.1) is 0 Å². The van der Waals surface area contributed by atoms with E-state index in [9.17, 15) is 14.4 Å². The fourth-order valence-electron chi connectivity index (χ4n) is 7.96. The third kappa shape index (κ3) is 45.8. The summed E-state index contributed by atoms with van der Waals surface area (Å²) < 4.78 is 16.8. The molecule has 0 aliphatic heterocycles. The van der Waals surface area contributed by atoms with E-state index in [1.165, 1.54) is 180 Å². The van der Waals surface area contributed by atoms with Gasteiger partial charge in [-0.25, -0.2) is 0 Å². The molecule has 0 heterocycles. The molecule has 0 bridgehead atoms. The lowest BCUT2D eigenvalue weighted by molar-refractivity contribution is -0.167. The molecular weight excluding hydrogens is 733 g/mol. The second-order valence-corrected chi connectivity index (χ2v) is 18.9. The lowest BCUT2D eigenvalue weighted by atomic mass is 9.99. The van der Waals surface area contributed by atoms with E-state index in [4.69, 9.17) is 14.2 Å². The molecule has 350 valence electrons. The summed E-state index contributed by atoms with van der Waals surface area (Å²) in [5, 5.41) is 0. The molecule has 0 aromatic carbocycles. The standard InChI is InChI=1S/C53H102O6/c1-6-8-9-10-11-12-13-14-17-23-28-33-38-43-51(54)57-46-50(59-53(56)45-40-35-30-25-20-19-22-27-32-37-42-49(5)7-2)47-58-52(55)44-39-34-29-24-18-15-16-21-26-31-36-41-48(3)4/h48-50H,6-47H2,1-5H3/t49?,50-/m1/s1. The second-order valence-electron chi connectivity index (χ2n) is 18.9. The third-order valence-electron chi connectivity index (χ3n) is 12.3. The first-order valence-electron chi connectivity index (χ1n) is 26.3. The number of hydrogen-bond acceptors (Lipinski definition) is 6. The summed E-state index contributed by atoms with van der Waals surface area (Å²) in [5.74, 6) is 0.847. The van der Waals surface area contributed by atoms with E-state index in [0.29, 0.717) is 19.3 Å². The summed E-state index contributed by atoms with van der Waals surface area (Å²) in [6, 6.07) is 0. The Bertz CT molecular complexity index is 902. The molecule has 0 aromatic rings.